The van der Waals surface area contributed by atoms with Crippen LogP contribution in [-0.4, -0.2) is 24.0 Å². The van der Waals surface area contributed by atoms with E-state index in [1.165, 1.54) is 0 Å². The van der Waals surface area contributed by atoms with Gasteiger partial charge in [0, 0.05) is 22.3 Å². The summed E-state index contributed by atoms with van der Waals surface area (Å²) < 4.78 is 0.814. The average Bonchev–Trinajstić information content (AvgIpc) is 2.33. The molecule has 6 heteroatoms. The summed E-state index contributed by atoms with van der Waals surface area (Å²) in [5.41, 5.74) is 7.18. The Morgan fingerprint density at radius 2 is 2.22 bits per heavy atom. The summed E-state index contributed by atoms with van der Waals surface area (Å²) in [6.07, 6.45) is 0.930. The van der Waals surface area contributed by atoms with Gasteiger partial charge >= 0.3 is 0 Å². The molecule has 0 aromatic heterocycles. The topological polar surface area (TPSA) is 67.2 Å². The Hall–Kier alpha value is -1.14. The molecule has 0 bridgehead atoms. The van der Waals surface area contributed by atoms with Crippen LogP contribution in [0.1, 0.15) is 18.9 Å². The zero-order chi connectivity index (χ0) is 13.5. The van der Waals surface area contributed by atoms with Gasteiger partial charge in [0.05, 0.1) is 6.54 Å². The molecule has 1 amide bonds. The summed E-state index contributed by atoms with van der Waals surface area (Å²) in [5, 5.41) is 5.83. The van der Waals surface area contributed by atoms with Gasteiger partial charge in [-0.25, -0.2) is 0 Å². The predicted molar refractivity (Wildman–Crippen MR) is 81.8 cm³/mol. The molecule has 18 heavy (non-hydrogen) atoms. The van der Waals surface area contributed by atoms with E-state index in [-0.39, 0.29) is 12.5 Å². The molecule has 0 aliphatic rings. The minimum atomic E-state index is -0.0219. The number of rotatable bonds is 6. The minimum absolute atomic E-state index is 0.0219. The second kappa shape index (κ2) is 7.33. The molecular formula is C12H16BrN3OS. The van der Waals surface area contributed by atoms with Crippen LogP contribution in [0.4, 0.5) is 5.69 Å². The molecule has 0 unspecified atom stereocenters. The summed E-state index contributed by atoms with van der Waals surface area (Å²) in [6, 6.07) is 5.51. The van der Waals surface area contributed by atoms with E-state index < -0.39 is 0 Å². The standard InChI is InChI=1S/C12H16BrN3OS/c1-2-5-15-11(17)7-16-8-3-4-9(12(14)18)10(13)6-8/h3-4,6,16H,2,5,7H2,1H3,(H2,14,18)(H,15,17). The maximum atomic E-state index is 11.4. The highest BCUT2D eigenvalue weighted by molar-refractivity contribution is 9.10. The van der Waals surface area contributed by atoms with Crippen LogP contribution in [-0.2, 0) is 4.79 Å². The Bertz CT molecular complexity index is 451. The Kier molecular flexibility index (Phi) is 6.07. The number of anilines is 1. The third-order valence-electron chi connectivity index (χ3n) is 2.26. The largest absolute Gasteiger partial charge is 0.389 e. The Labute approximate surface area is 120 Å². The first-order chi connectivity index (χ1) is 8.54. The Morgan fingerprint density at radius 1 is 1.50 bits per heavy atom. The van der Waals surface area contributed by atoms with Gasteiger partial charge in [-0.3, -0.25) is 4.79 Å². The summed E-state index contributed by atoms with van der Waals surface area (Å²) in [4.78, 5) is 11.8. The van der Waals surface area contributed by atoms with E-state index >= 15 is 0 Å². The second-order valence-electron chi connectivity index (χ2n) is 3.76. The van der Waals surface area contributed by atoms with Crippen LogP contribution in [0.3, 0.4) is 0 Å². The van der Waals surface area contributed by atoms with Gasteiger partial charge < -0.3 is 16.4 Å². The number of carbonyl (C=O) groups is 1. The fourth-order valence-corrected chi connectivity index (χ4v) is 2.24. The summed E-state index contributed by atoms with van der Waals surface area (Å²) >= 11 is 8.30. The maximum Gasteiger partial charge on any atom is 0.239 e. The maximum absolute atomic E-state index is 11.4. The molecule has 0 aliphatic carbocycles. The monoisotopic (exact) mass is 329 g/mol. The first kappa shape index (κ1) is 14.9. The smallest absolute Gasteiger partial charge is 0.239 e. The van der Waals surface area contributed by atoms with E-state index in [4.69, 9.17) is 18.0 Å². The number of halogens is 1. The fourth-order valence-electron chi connectivity index (χ4n) is 1.33. The van der Waals surface area contributed by atoms with Gasteiger partial charge in [-0.2, -0.15) is 0 Å². The van der Waals surface area contributed by atoms with Crippen molar-refractivity contribution in [3.8, 4) is 0 Å². The molecule has 0 fully saturated rings. The van der Waals surface area contributed by atoms with Gasteiger partial charge in [0.15, 0.2) is 0 Å². The number of amides is 1. The van der Waals surface area contributed by atoms with Crippen molar-refractivity contribution in [2.45, 2.75) is 13.3 Å². The molecule has 0 spiro atoms. The molecule has 0 saturated carbocycles. The van der Waals surface area contributed by atoms with E-state index in [2.05, 4.69) is 26.6 Å². The van der Waals surface area contributed by atoms with Crippen molar-refractivity contribution in [3.63, 3.8) is 0 Å². The Balaban J connectivity index is 2.56. The predicted octanol–water partition coefficient (Wildman–Crippen LogP) is 2.02. The van der Waals surface area contributed by atoms with Crippen LogP contribution in [0.5, 0.6) is 0 Å². The molecule has 4 N–H and O–H groups in total. The van der Waals surface area contributed by atoms with Crippen LogP contribution in [0.15, 0.2) is 22.7 Å². The lowest BCUT2D eigenvalue weighted by Gasteiger charge is -2.09. The lowest BCUT2D eigenvalue weighted by Crippen LogP contribution is -2.30. The van der Waals surface area contributed by atoms with Gasteiger partial charge in [0.25, 0.3) is 0 Å². The molecular weight excluding hydrogens is 314 g/mol. The van der Waals surface area contributed by atoms with E-state index in [1.807, 2.05) is 25.1 Å². The van der Waals surface area contributed by atoms with Gasteiger partial charge in [-0.05, 0) is 40.5 Å². The van der Waals surface area contributed by atoms with E-state index in [1.54, 1.807) is 0 Å². The van der Waals surface area contributed by atoms with Crippen molar-refractivity contribution >= 4 is 44.7 Å². The number of benzene rings is 1. The molecule has 0 radical (unpaired) electrons. The lowest BCUT2D eigenvalue weighted by atomic mass is 10.2. The number of carbonyl (C=O) groups excluding carboxylic acids is 1. The van der Waals surface area contributed by atoms with Crippen molar-refractivity contribution in [1.82, 2.24) is 5.32 Å². The lowest BCUT2D eigenvalue weighted by molar-refractivity contribution is -0.119. The van der Waals surface area contributed by atoms with Crippen LogP contribution < -0.4 is 16.4 Å². The minimum Gasteiger partial charge on any atom is -0.389 e. The highest BCUT2D eigenvalue weighted by atomic mass is 79.9. The van der Waals surface area contributed by atoms with Crippen LogP contribution in [0.25, 0.3) is 0 Å². The van der Waals surface area contributed by atoms with Crippen LogP contribution in [0, 0.1) is 0 Å². The molecule has 0 atom stereocenters. The van der Waals surface area contributed by atoms with Gasteiger partial charge in [0.2, 0.25) is 5.91 Å². The van der Waals surface area contributed by atoms with Gasteiger partial charge in [-0.1, -0.05) is 19.1 Å². The van der Waals surface area contributed by atoms with E-state index in [0.29, 0.717) is 11.5 Å². The molecule has 4 nitrogen and oxygen atoms in total. The number of thiocarbonyl (C=S) groups is 1. The molecule has 0 aliphatic heterocycles. The number of nitrogens with two attached hydrogens (primary N) is 1. The molecule has 0 heterocycles. The molecule has 1 rings (SSSR count). The quantitative estimate of drug-likeness (QED) is 0.698. The number of hydrogen-bond donors (Lipinski definition) is 3. The van der Waals surface area contributed by atoms with Crippen molar-refractivity contribution < 1.29 is 4.79 Å². The highest BCUT2D eigenvalue weighted by Gasteiger charge is 2.05. The number of nitrogens with one attached hydrogen (secondary N) is 2. The Morgan fingerprint density at radius 3 is 2.78 bits per heavy atom. The zero-order valence-corrected chi connectivity index (χ0v) is 12.5. The fraction of sp³-hybridized carbons (Fsp3) is 0.333. The zero-order valence-electron chi connectivity index (χ0n) is 10.1. The third-order valence-corrected chi connectivity index (χ3v) is 3.14. The first-order valence-corrected chi connectivity index (χ1v) is 6.84. The summed E-state index contributed by atoms with van der Waals surface area (Å²) in [6.45, 7) is 2.96. The second-order valence-corrected chi connectivity index (χ2v) is 5.06. The van der Waals surface area contributed by atoms with Gasteiger partial charge in [0.1, 0.15) is 4.99 Å². The SMILES string of the molecule is CCCNC(=O)CNc1ccc(C(N)=S)c(Br)c1. The molecule has 0 saturated heterocycles. The first-order valence-electron chi connectivity index (χ1n) is 5.64. The normalized spacial score (nSPS) is 9.89. The molecule has 1 aromatic rings. The van der Waals surface area contributed by atoms with Crippen molar-refractivity contribution in [1.29, 1.82) is 0 Å². The molecule has 98 valence electrons. The van der Waals surface area contributed by atoms with Crippen molar-refractivity contribution in [3.05, 3.63) is 28.2 Å². The summed E-state index contributed by atoms with van der Waals surface area (Å²) in [7, 11) is 0. The van der Waals surface area contributed by atoms with Crippen molar-refractivity contribution in [2.24, 2.45) is 5.73 Å². The number of hydrogen-bond acceptors (Lipinski definition) is 3. The highest BCUT2D eigenvalue weighted by Crippen LogP contribution is 2.21. The van der Waals surface area contributed by atoms with E-state index in [0.717, 1.165) is 22.1 Å². The average molecular weight is 330 g/mol. The summed E-state index contributed by atoms with van der Waals surface area (Å²) in [5.74, 6) is -0.0219. The van der Waals surface area contributed by atoms with Gasteiger partial charge in [-0.15, -0.1) is 0 Å². The van der Waals surface area contributed by atoms with E-state index in [9.17, 15) is 4.79 Å². The van der Waals surface area contributed by atoms with Crippen LogP contribution >= 0.6 is 28.1 Å². The molecule has 1 aromatic carbocycles. The third kappa shape index (κ3) is 4.62. The van der Waals surface area contributed by atoms with Crippen molar-refractivity contribution in [2.75, 3.05) is 18.4 Å². The van der Waals surface area contributed by atoms with Crippen LogP contribution in [0.2, 0.25) is 0 Å².